The van der Waals surface area contributed by atoms with E-state index in [1.807, 2.05) is 0 Å². The number of hydrogen-bond donors (Lipinski definition) is 1. The highest BCUT2D eigenvalue weighted by molar-refractivity contribution is 5.85. The molecule has 0 aliphatic heterocycles. The molecule has 0 radical (unpaired) electrons. The number of aromatic nitrogens is 2. The molecule has 0 amide bonds. The van der Waals surface area contributed by atoms with E-state index in [9.17, 15) is 4.79 Å². The highest BCUT2D eigenvalue weighted by atomic mass is 16.5. The Balaban J connectivity index is 2.54. The van der Waals surface area contributed by atoms with Crippen LogP contribution in [0.4, 0.5) is 0 Å². The minimum atomic E-state index is -1.08. The Kier molecular flexibility index (Phi) is 4.03. The van der Waals surface area contributed by atoms with Crippen LogP contribution in [0.2, 0.25) is 0 Å². The van der Waals surface area contributed by atoms with Crippen molar-refractivity contribution in [2.45, 2.75) is 20.3 Å². The molecule has 1 heterocycles. The molecule has 1 rings (SSSR count). The number of ether oxygens (including phenoxy) is 1. The molecule has 15 heavy (non-hydrogen) atoms. The second-order valence-corrected chi connectivity index (χ2v) is 3.56. The van der Waals surface area contributed by atoms with Crippen LogP contribution >= 0.6 is 0 Å². The number of nitrogens with zero attached hydrogens (tertiary/aromatic N) is 2. The molecule has 1 aromatic rings. The first-order chi connectivity index (χ1) is 7.09. The molecular formula is C10H14N2O3. The van der Waals surface area contributed by atoms with Gasteiger partial charge in [-0.15, -0.1) is 0 Å². The first kappa shape index (κ1) is 11.4. The second kappa shape index (κ2) is 5.29. The number of carboxylic acids is 1. The molecule has 0 fully saturated rings. The van der Waals surface area contributed by atoms with Crippen molar-refractivity contribution in [3.63, 3.8) is 0 Å². The van der Waals surface area contributed by atoms with Crippen molar-refractivity contribution in [1.29, 1.82) is 0 Å². The van der Waals surface area contributed by atoms with Crippen LogP contribution < -0.4 is 4.74 Å². The zero-order chi connectivity index (χ0) is 11.3. The van der Waals surface area contributed by atoms with Gasteiger partial charge in [-0.2, -0.15) is 4.98 Å². The summed E-state index contributed by atoms with van der Waals surface area (Å²) in [5.41, 5.74) is -0.0513. The third-order valence-electron chi connectivity index (χ3n) is 1.78. The lowest BCUT2D eigenvalue weighted by Crippen LogP contribution is -2.07. The smallest absolute Gasteiger partial charge is 0.354 e. The van der Waals surface area contributed by atoms with E-state index in [1.54, 1.807) is 0 Å². The summed E-state index contributed by atoms with van der Waals surface area (Å²) < 4.78 is 5.22. The van der Waals surface area contributed by atoms with Gasteiger partial charge in [-0.3, -0.25) is 0 Å². The molecule has 0 atom stereocenters. The Hall–Kier alpha value is -1.65. The first-order valence-electron chi connectivity index (χ1n) is 4.78. The van der Waals surface area contributed by atoms with Crippen LogP contribution in [0.5, 0.6) is 6.01 Å². The number of hydrogen-bond acceptors (Lipinski definition) is 4. The van der Waals surface area contributed by atoms with E-state index in [0.717, 1.165) is 6.42 Å². The summed E-state index contributed by atoms with van der Waals surface area (Å²) in [6, 6.07) is 1.45. The molecule has 0 aromatic carbocycles. The van der Waals surface area contributed by atoms with Crippen molar-refractivity contribution in [2.75, 3.05) is 6.61 Å². The van der Waals surface area contributed by atoms with E-state index >= 15 is 0 Å². The lowest BCUT2D eigenvalue weighted by atomic mass is 10.1. The molecule has 0 bridgehead atoms. The summed E-state index contributed by atoms with van der Waals surface area (Å²) in [7, 11) is 0. The van der Waals surface area contributed by atoms with Gasteiger partial charge in [0.2, 0.25) is 0 Å². The van der Waals surface area contributed by atoms with Crippen LogP contribution in [-0.4, -0.2) is 27.7 Å². The third-order valence-corrected chi connectivity index (χ3v) is 1.78. The van der Waals surface area contributed by atoms with Gasteiger partial charge in [0.1, 0.15) is 0 Å². The van der Waals surface area contributed by atoms with Crippen molar-refractivity contribution in [1.82, 2.24) is 9.97 Å². The average molecular weight is 210 g/mol. The molecule has 5 nitrogen and oxygen atoms in total. The Labute approximate surface area is 88.1 Å². The molecule has 0 aliphatic carbocycles. The van der Waals surface area contributed by atoms with Gasteiger partial charge in [0.15, 0.2) is 5.69 Å². The van der Waals surface area contributed by atoms with Gasteiger partial charge >= 0.3 is 12.0 Å². The fraction of sp³-hybridized carbons (Fsp3) is 0.500. The van der Waals surface area contributed by atoms with Gasteiger partial charge in [-0.1, -0.05) is 13.8 Å². The van der Waals surface area contributed by atoms with Gasteiger partial charge in [0, 0.05) is 6.20 Å². The maximum Gasteiger partial charge on any atom is 0.354 e. The predicted molar refractivity (Wildman–Crippen MR) is 53.9 cm³/mol. The lowest BCUT2D eigenvalue weighted by Gasteiger charge is -2.06. The Morgan fingerprint density at radius 3 is 2.93 bits per heavy atom. The zero-order valence-corrected chi connectivity index (χ0v) is 8.80. The van der Waals surface area contributed by atoms with Crippen molar-refractivity contribution in [3.8, 4) is 6.01 Å². The van der Waals surface area contributed by atoms with Gasteiger partial charge in [-0.05, 0) is 18.4 Å². The van der Waals surface area contributed by atoms with Crippen molar-refractivity contribution in [2.24, 2.45) is 5.92 Å². The largest absolute Gasteiger partial charge is 0.477 e. The van der Waals surface area contributed by atoms with Crippen LogP contribution in [-0.2, 0) is 0 Å². The monoisotopic (exact) mass is 210 g/mol. The SMILES string of the molecule is CC(C)CCOc1nccc(C(=O)O)n1. The Bertz CT molecular complexity index is 339. The number of aromatic carboxylic acids is 1. The van der Waals surface area contributed by atoms with Crippen LogP contribution in [0.1, 0.15) is 30.8 Å². The maximum absolute atomic E-state index is 10.6. The highest BCUT2D eigenvalue weighted by Crippen LogP contribution is 2.05. The molecule has 0 saturated heterocycles. The van der Waals surface area contributed by atoms with Crippen LogP contribution in [0.25, 0.3) is 0 Å². The van der Waals surface area contributed by atoms with Crippen molar-refractivity contribution >= 4 is 5.97 Å². The van der Waals surface area contributed by atoms with Gasteiger partial charge < -0.3 is 9.84 Å². The fourth-order valence-electron chi connectivity index (χ4n) is 0.915. The summed E-state index contributed by atoms with van der Waals surface area (Å²) in [6.07, 6.45) is 2.27. The molecule has 5 heteroatoms. The summed E-state index contributed by atoms with van der Waals surface area (Å²) in [5, 5.41) is 8.68. The Morgan fingerprint density at radius 1 is 1.60 bits per heavy atom. The van der Waals surface area contributed by atoms with E-state index in [2.05, 4.69) is 23.8 Å². The van der Waals surface area contributed by atoms with E-state index < -0.39 is 5.97 Å². The minimum absolute atomic E-state index is 0.0513. The zero-order valence-electron chi connectivity index (χ0n) is 8.80. The second-order valence-electron chi connectivity index (χ2n) is 3.56. The standard InChI is InChI=1S/C10H14N2O3/c1-7(2)4-6-15-10-11-5-3-8(12-10)9(13)14/h3,5,7H,4,6H2,1-2H3,(H,13,14). The minimum Gasteiger partial charge on any atom is -0.477 e. The first-order valence-corrected chi connectivity index (χ1v) is 4.78. The Morgan fingerprint density at radius 2 is 2.33 bits per heavy atom. The molecule has 82 valence electrons. The van der Waals surface area contributed by atoms with Crippen LogP contribution in [0, 0.1) is 5.92 Å². The molecule has 1 N–H and O–H groups in total. The van der Waals surface area contributed by atoms with E-state index in [0.29, 0.717) is 12.5 Å². The maximum atomic E-state index is 10.6. The van der Waals surface area contributed by atoms with Crippen molar-refractivity contribution < 1.29 is 14.6 Å². The molecule has 1 aromatic heterocycles. The molecular weight excluding hydrogens is 196 g/mol. The number of carboxylic acid groups (broad SMARTS) is 1. The van der Waals surface area contributed by atoms with Crippen LogP contribution in [0.3, 0.4) is 0 Å². The van der Waals surface area contributed by atoms with Gasteiger partial charge in [0.05, 0.1) is 6.61 Å². The number of carbonyl (C=O) groups is 1. The lowest BCUT2D eigenvalue weighted by molar-refractivity contribution is 0.0688. The van der Waals surface area contributed by atoms with Crippen LogP contribution in [0.15, 0.2) is 12.3 Å². The summed E-state index contributed by atoms with van der Waals surface area (Å²) in [5.74, 6) is -0.543. The quantitative estimate of drug-likeness (QED) is 0.799. The van der Waals surface area contributed by atoms with Gasteiger partial charge in [0.25, 0.3) is 0 Å². The normalized spacial score (nSPS) is 10.3. The third kappa shape index (κ3) is 3.93. The van der Waals surface area contributed by atoms with E-state index in [1.165, 1.54) is 12.3 Å². The average Bonchev–Trinajstić information content (AvgIpc) is 2.17. The van der Waals surface area contributed by atoms with Crippen molar-refractivity contribution in [3.05, 3.63) is 18.0 Å². The highest BCUT2D eigenvalue weighted by Gasteiger charge is 2.06. The summed E-state index contributed by atoms with van der Waals surface area (Å²) in [6.45, 7) is 4.66. The number of rotatable bonds is 5. The molecule has 0 unspecified atom stereocenters. The molecule has 0 aliphatic rings. The fourth-order valence-corrected chi connectivity index (χ4v) is 0.915. The van der Waals surface area contributed by atoms with E-state index in [4.69, 9.17) is 9.84 Å². The predicted octanol–water partition coefficient (Wildman–Crippen LogP) is 1.60. The van der Waals surface area contributed by atoms with E-state index in [-0.39, 0.29) is 11.7 Å². The van der Waals surface area contributed by atoms with Gasteiger partial charge in [-0.25, -0.2) is 9.78 Å². The summed E-state index contributed by atoms with van der Waals surface area (Å²) >= 11 is 0. The topological polar surface area (TPSA) is 72.3 Å². The summed E-state index contributed by atoms with van der Waals surface area (Å²) in [4.78, 5) is 18.1. The molecule has 0 spiro atoms. The molecule has 0 saturated carbocycles.